The lowest BCUT2D eigenvalue weighted by Crippen LogP contribution is -2.24. The molecule has 27 heavy (non-hydrogen) atoms. The van der Waals surface area contributed by atoms with Gasteiger partial charge in [-0.2, -0.15) is 0 Å². The topological polar surface area (TPSA) is 65.4 Å². The van der Waals surface area contributed by atoms with Gasteiger partial charge in [0.05, 0.1) is 5.39 Å². The van der Waals surface area contributed by atoms with Gasteiger partial charge in [0.15, 0.2) is 11.5 Å². The van der Waals surface area contributed by atoms with Gasteiger partial charge in [0.2, 0.25) is 12.7 Å². The zero-order valence-corrected chi connectivity index (χ0v) is 16.0. The van der Waals surface area contributed by atoms with E-state index in [9.17, 15) is 4.79 Å². The van der Waals surface area contributed by atoms with E-state index in [2.05, 4.69) is 12.2 Å². The van der Waals surface area contributed by atoms with E-state index in [4.69, 9.17) is 14.5 Å². The molecule has 0 radical (unpaired) electrons. The van der Waals surface area contributed by atoms with Crippen LogP contribution in [-0.2, 0) is 19.4 Å². The maximum Gasteiger partial charge on any atom is 0.263 e. The number of hydrogen-bond acceptors (Lipinski definition) is 6. The molecule has 3 aromatic rings. The predicted octanol–water partition coefficient (Wildman–Crippen LogP) is 4.22. The van der Waals surface area contributed by atoms with Crippen LogP contribution < -0.4 is 20.3 Å². The van der Waals surface area contributed by atoms with E-state index in [0.717, 1.165) is 47.3 Å². The first-order valence-electron chi connectivity index (χ1n) is 9.46. The number of anilines is 2. The van der Waals surface area contributed by atoms with Crippen LogP contribution in [0.5, 0.6) is 11.5 Å². The van der Waals surface area contributed by atoms with Crippen molar-refractivity contribution in [2.24, 2.45) is 0 Å². The second kappa shape index (κ2) is 6.56. The summed E-state index contributed by atoms with van der Waals surface area (Å²) in [7, 11) is 0. The van der Waals surface area contributed by atoms with Crippen LogP contribution in [0.15, 0.2) is 23.0 Å². The molecule has 0 atom stereocenters. The van der Waals surface area contributed by atoms with Gasteiger partial charge in [-0.3, -0.25) is 9.36 Å². The first-order valence-corrected chi connectivity index (χ1v) is 10.3. The van der Waals surface area contributed by atoms with Gasteiger partial charge >= 0.3 is 0 Å². The van der Waals surface area contributed by atoms with E-state index >= 15 is 0 Å². The lowest BCUT2D eigenvalue weighted by atomic mass is 9.97. The number of benzene rings is 1. The summed E-state index contributed by atoms with van der Waals surface area (Å²) in [5, 5.41) is 4.16. The number of aryl methyl sites for hydroxylation is 2. The molecule has 0 saturated carbocycles. The molecule has 1 aromatic carbocycles. The van der Waals surface area contributed by atoms with E-state index in [1.807, 2.05) is 18.2 Å². The standard InChI is InChI=1S/C20H21N3O3S/c1-2-9-23-19(24)17-13-5-3-4-6-16(13)27-18(17)22-20(23)21-12-7-8-14-15(10-12)26-11-25-14/h7-8,10H,2-6,9,11H2,1H3,(H,21,22). The van der Waals surface area contributed by atoms with E-state index in [1.54, 1.807) is 15.9 Å². The molecule has 7 heteroatoms. The van der Waals surface area contributed by atoms with Crippen molar-refractivity contribution in [1.29, 1.82) is 0 Å². The predicted molar refractivity (Wildman–Crippen MR) is 107 cm³/mol. The average Bonchev–Trinajstić information content (AvgIpc) is 3.28. The molecule has 0 fully saturated rings. The highest BCUT2D eigenvalue weighted by Gasteiger charge is 2.22. The van der Waals surface area contributed by atoms with Crippen LogP contribution in [0.1, 0.15) is 36.6 Å². The molecule has 2 aromatic heterocycles. The largest absolute Gasteiger partial charge is 0.454 e. The summed E-state index contributed by atoms with van der Waals surface area (Å²) in [6, 6.07) is 5.67. The van der Waals surface area contributed by atoms with E-state index in [0.29, 0.717) is 18.2 Å². The maximum atomic E-state index is 13.3. The fraction of sp³-hybridized carbons (Fsp3) is 0.400. The number of nitrogens with one attached hydrogen (secondary N) is 1. The Labute approximate surface area is 160 Å². The molecular formula is C20H21N3O3S. The van der Waals surface area contributed by atoms with Crippen molar-refractivity contribution in [3.63, 3.8) is 0 Å². The van der Waals surface area contributed by atoms with Crippen LogP contribution in [0.2, 0.25) is 0 Å². The fourth-order valence-electron chi connectivity index (χ4n) is 3.87. The van der Waals surface area contributed by atoms with Gasteiger partial charge in [-0.05, 0) is 49.8 Å². The minimum Gasteiger partial charge on any atom is -0.454 e. The Bertz CT molecular complexity index is 1090. The summed E-state index contributed by atoms with van der Waals surface area (Å²) in [5.41, 5.74) is 2.14. The highest BCUT2D eigenvalue weighted by Crippen LogP contribution is 2.36. The molecule has 1 N–H and O–H groups in total. The van der Waals surface area contributed by atoms with Crippen molar-refractivity contribution in [2.45, 2.75) is 45.6 Å². The highest BCUT2D eigenvalue weighted by molar-refractivity contribution is 7.18. The Kier molecular flexibility index (Phi) is 4.04. The summed E-state index contributed by atoms with van der Waals surface area (Å²) in [6.45, 7) is 2.95. The molecule has 0 bridgehead atoms. The van der Waals surface area contributed by atoms with Crippen LogP contribution in [-0.4, -0.2) is 16.3 Å². The quantitative estimate of drug-likeness (QED) is 0.731. The average molecular weight is 383 g/mol. The Morgan fingerprint density at radius 1 is 1.22 bits per heavy atom. The SMILES string of the molecule is CCCn1c(Nc2ccc3c(c2)OCO3)nc2sc3c(c2c1=O)CCCC3. The zero-order valence-electron chi connectivity index (χ0n) is 15.2. The van der Waals surface area contributed by atoms with Crippen molar-refractivity contribution in [3.8, 4) is 11.5 Å². The van der Waals surface area contributed by atoms with Gasteiger partial charge in [0.1, 0.15) is 4.83 Å². The van der Waals surface area contributed by atoms with Gasteiger partial charge in [-0.15, -0.1) is 11.3 Å². The zero-order chi connectivity index (χ0) is 18.4. The Balaban J connectivity index is 1.62. The van der Waals surface area contributed by atoms with E-state index < -0.39 is 0 Å². The summed E-state index contributed by atoms with van der Waals surface area (Å²) >= 11 is 1.68. The van der Waals surface area contributed by atoms with Crippen LogP contribution >= 0.6 is 11.3 Å². The molecule has 5 rings (SSSR count). The molecule has 0 saturated heterocycles. The number of fused-ring (bicyclic) bond motifs is 4. The monoisotopic (exact) mass is 383 g/mol. The molecule has 0 amide bonds. The van der Waals surface area contributed by atoms with Crippen LogP contribution in [0.4, 0.5) is 11.6 Å². The summed E-state index contributed by atoms with van der Waals surface area (Å²) in [4.78, 5) is 20.3. The second-order valence-electron chi connectivity index (χ2n) is 6.98. The van der Waals surface area contributed by atoms with E-state index in [-0.39, 0.29) is 12.4 Å². The molecule has 1 aliphatic carbocycles. The van der Waals surface area contributed by atoms with Gasteiger partial charge in [0, 0.05) is 23.2 Å². The lowest BCUT2D eigenvalue weighted by Gasteiger charge is -2.14. The van der Waals surface area contributed by atoms with Crippen molar-refractivity contribution >= 4 is 33.2 Å². The van der Waals surface area contributed by atoms with Crippen molar-refractivity contribution in [1.82, 2.24) is 9.55 Å². The lowest BCUT2D eigenvalue weighted by molar-refractivity contribution is 0.174. The number of ether oxygens (including phenoxy) is 2. The first-order chi connectivity index (χ1) is 13.2. The molecule has 6 nitrogen and oxygen atoms in total. The summed E-state index contributed by atoms with van der Waals surface area (Å²) in [5.74, 6) is 2.03. The number of rotatable bonds is 4. The van der Waals surface area contributed by atoms with Crippen LogP contribution in [0.25, 0.3) is 10.2 Å². The van der Waals surface area contributed by atoms with Gasteiger partial charge < -0.3 is 14.8 Å². The maximum absolute atomic E-state index is 13.3. The van der Waals surface area contributed by atoms with Crippen molar-refractivity contribution in [3.05, 3.63) is 39.0 Å². The molecule has 0 unspecified atom stereocenters. The smallest absolute Gasteiger partial charge is 0.263 e. The second-order valence-corrected chi connectivity index (χ2v) is 8.06. The highest BCUT2D eigenvalue weighted by atomic mass is 32.1. The Hall–Kier alpha value is -2.54. The van der Waals surface area contributed by atoms with Gasteiger partial charge in [-0.1, -0.05) is 6.92 Å². The number of nitrogens with zero attached hydrogens (tertiary/aromatic N) is 2. The molecule has 0 spiro atoms. The molecule has 1 aliphatic heterocycles. The fourth-order valence-corrected chi connectivity index (χ4v) is 5.12. The van der Waals surface area contributed by atoms with E-state index in [1.165, 1.54) is 16.9 Å². The third-order valence-corrected chi connectivity index (χ3v) is 6.34. The minimum absolute atomic E-state index is 0.0736. The molecular weight excluding hydrogens is 362 g/mol. The molecule has 2 aliphatic rings. The molecule has 3 heterocycles. The van der Waals surface area contributed by atoms with Crippen LogP contribution in [0.3, 0.4) is 0 Å². The van der Waals surface area contributed by atoms with Crippen molar-refractivity contribution in [2.75, 3.05) is 12.1 Å². The van der Waals surface area contributed by atoms with Crippen molar-refractivity contribution < 1.29 is 9.47 Å². The minimum atomic E-state index is 0.0736. The number of hydrogen-bond donors (Lipinski definition) is 1. The Morgan fingerprint density at radius 2 is 2.07 bits per heavy atom. The number of aromatic nitrogens is 2. The first kappa shape index (κ1) is 16.6. The van der Waals surface area contributed by atoms with Crippen LogP contribution in [0, 0.1) is 0 Å². The Morgan fingerprint density at radius 3 is 2.96 bits per heavy atom. The third kappa shape index (κ3) is 2.77. The van der Waals surface area contributed by atoms with Gasteiger partial charge in [-0.25, -0.2) is 4.98 Å². The summed E-state index contributed by atoms with van der Waals surface area (Å²) in [6.07, 6.45) is 5.28. The summed E-state index contributed by atoms with van der Waals surface area (Å²) < 4.78 is 12.6. The molecule has 140 valence electrons. The third-order valence-electron chi connectivity index (χ3n) is 5.15. The normalized spacial score (nSPS) is 15.1. The van der Waals surface area contributed by atoms with Gasteiger partial charge in [0.25, 0.3) is 5.56 Å². The number of thiophene rings is 1.